The minimum absolute atomic E-state index is 0.0479. The van der Waals surface area contributed by atoms with Crippen molar-refractivity contribution in [1.29, 1.82) is 0 Å². The summed E-state index contributed by atoms with van der Waals surface area (Å²) in [5.41, 5.74) is 4.06. The van der Waals surface area contributed by atoms with Crippen LogP contribution in [0.25, 0.3) is 17.1 Å². The summed E-state index contributed by atoms with van der Waals surface area (Å²) in [4.78, 5) is 12.6. The number of carbonyl (C=O) groups excluding carboxylic acids is 1. The van der Waals surface area contributed by atoms with Crippen LogP contribution in [0.5, 0.6) is 0 Å². The number of benzene rings is 2. The first-order chi connectivity index (χ1) is 15.0. The lowest BCUT2D eigenvalue weighted by atomic mass is 9.95. The molecular formula is C24H27ClN4OS. The lowest BCUT2D eigenvalue weighted by Gasteiger charge is -2.22. The van der Waals surface area contributed by atoms with Crippen LogP contribution in [0.4, 0.5) is 0 Å². The third-order valence-electron chi connectivity index (χ3n) is 5.66. The Labute approximate surface area is 192 Å². The average Bonchev–Trinajstić information content (AvgIpc) is 3.18. The highest BCUT2D eigenvalue weighted by atomic mass is 35.5. The Hall–Kier alpha value is -2.31. The Balaban J connectivity index is 1.64. The summed E-state index contributed by atoms with van der Waals surface area (Å²) in [5, 5.41) is 13.4. The van der Waals surface area contributed by atoms with Crippen molar-refractivity contribution in [2.24, 2.45) is 0 Å². The summed E-state index contributed by atoms with van der Waals surface area (Å²) in [6.07, 6.45) is 5.81. The Morgan fingerprint density at radius 2 is 1.90 bits per heavy atom. The maximum absolute atomic E-state index is 12.6. The first-order valence-electron chi connectivity index (χ1n) is 10.7. The molecule has 0 spiro atoms. The second kappa shape index (κ2) is 9.88. The van der Waals surface area contributed by atoms with Crippen LogP contribution in [-0.4, -0.2) is 32.5 Å². The monoisotopic (exact) mass is 454 g/mol. The van der Waals surface area contributed by atoms with Crippen molar-refractivity contribution in [3.63, 3.8) is 0 Å². The molecular weight excluding hydrogens is 428 g/mol. The molecule has 1 aliphatic rings. The van der Waals surface area contributed by atoms with E-state index in [1.807, 2.05) is 28.8 Å². The molecule has 1 N–H and O–H groups in total. The first-order valence-corrected chi connectivity index (χ1v) is 12.1. The Morgan fingerprint density at radius 1 is 1.13 bits per heavy atom. The van der Waals surface area contributed by atoms with Crippen LogP contribution in [0, 0.1) is 13.8 Å². The van der Waals surface area contributed by atoms with E-state index in [4.69, 9.17) is 11.6 Å². The van der Waals surface area contributed by atoms with Gasteiger partial charge in [0.15, 0.2) is 11.0 Å². The van der Waals surface area contributed by atoms with E-state index in [0.29, 0.717) is 27.8 Å². The number of carbonyl (C=O) groups is 1. The van der Waals surface area contributed by atoms with Crippen molar-refractivity contribution in [3.05, 3.63) is 58.6 Å². The number of hydrogen-bond acceptors (Lipinski definition) is 4. The molecule has 1 saturated carbocycles. The molecule has 31 heavy (non-hydrogen) atoms. The number of nitrogens with one attached hydrogen (secondary N) is 1. The predicted molar refractivity (Wildman–Crippen MR) is 127 cm³/mol. The van der Waals surface area contributed by atoms with Gasteiger partial charge in [0.05, 0.1) is 16.5 Å². The van der Waals surface area contributed by atoms with Gasteiger partial charge in [0.25, 0.3) is 0 Å². The second-order valence-electron chi connectivity index (χ2n) is 8.10. The summed E-state index contributed by atoms with van der Waals surface area (Å²) in [5.74, 6) is 1.03. The van der Waals surface area contributed by atoms with E-state index in [2.05, 4.69) is 47.6 Å². The van der Waals surface area contributed by atoms with Gasteiger partial charge >= 0.3 is 0 Å². The number of nitrogens with zero attached hydrogens (tertiary/aromatic N) is 3. The number of amides is 1. The molecule has 1 fully saturated rings. The molecule has 0 aliphatic heterocycles. The third-order valence-corrected chi connectivity index (χ3v) is 6.91. The summed E-state index contributed by atoms with van der Waals surface area (Å²) in [6.45, 7) is 4.13. The zero-order chi connectivity index (χ0) is 21.8. The summed E-state index contributed by atoms with van der Waals surface area (Å²) in [7, 11) is 0. The molecule has 4 rings (SSSR count). The maximum atomic E-state index is 12.6. The standard InChI is InChI=1S/C24H27ClN4OS/c1-16-12-13-17(2)21(14-16)29-23(19-10-6-7-11-20(19)25)27-28-24(29)31-15-22(30)26-18-8-4-3-5-9-18/h6-7,10-14,18H,3-5,8-9,15H2,1-2H3,(H,26,30). The molecule has 0 unspecified atom stereocenters. The normalized spacial score (nSPS) is 14.5. The third kappa shape index (κ3) is 5.13. The smallest absolute Gasteiger partial charge is 0.230 e. The van der Waals surface area contributed by atoms with Gasteiger partial charge in [-0.3, -0.25) is 9.36 Å². The highest BCUT2D eigenvalue weighted by Gasteiger charge is 2.21. The summed E-state index contributed by atoms with van der Waals surface area (Å²) < 4.78 is 2.02. The van der Waals surface area contributed by atoms with Gasteiger partial charge in [0, 0.05) is 11.6 Å². The van der Waals surface area contributed by atoms with Gasteiger partial charge in [-0.15, -0.1) is 10.2 Å². The fourth-order valence-corrected chi connectivity index (χ4v) is 4.98. The lowest BCUT2D eigenvalue weighted by Crippen LogP contribution is -2.37. The molecule has 1 amide bonds. The number of hydrogen-bond donors (Lipinski definition) is 1. The van der Waals surface area contributed by atoms with Crippen molar-refractivity contribution in [2.45, 2.75) is 57.1 Å². The zero-order valence-electron chi connectivity index (χ0n) is 17.9. The number of rotatable bonds is 6. The Morgan fingerprint density at radius 3 is 2.68 bits per heavy atom. The highest BCUT2D eigenvalue weighted by molar-refractivity contribution is 7.99. The van der Waals surface area contributed by atoms with Crippen LogP contribution in [0.2, 0.25) is 5.02 Å². The average molecular weight is 455 g/mol. The van der Waals surface area contributed by atoms with Crippen LogP contribution < -0.4 is 5.32 Å². The van der Waals surface area contributed by atoms with Crippen LogP contribution in [0.15, 0.2) is 47.6 Å². The van der Waals surface area contributed by atoms with Gasteiger partial charge in [-0.25, -0.2) is 0 Å². The number of aryl methyl sites for hydroxylation is 2. The molecule has 162 valence electrons. The molecule has 0 bridgehead atoms. The molecule has 7 heteroatoms. The fourth-order valence-electron chi connectivity index (χ4n) is 4.00. The topological polar surface area (TPSA) is 59.8 Å². The number of aromatic nitrogens is 3. The van der Waals surface area contributed by atoms with Crippen molar-refractivity contribution in [1.82, 2.24) is 20.1 Å². The largest absolute Gasteiger partial charge is 0.353 e. The van der Waals surface area contributed by atoms with E-state index in [0.717, 1.165) is 35.2 Å². The number of halogens is 1. The lowest BCUT2D eigenvalue weighted by molar-refractivity contribution is -0.119. The van der Waals surface area contributed by atoms with Gasteiger partial charge in [0.1, 0.15) is 0 Å². The molecule has 1 aliphatic carbocycles. The molecule has 0 atom stereocenters. The molecule has 5 nitrogen and oxygen atoms in total. The number of thioether (sulfide) groups is 1. The molecule has 1 aromatic heterocycles. The molecule has 2 aromatic carbocycles. The maximum Gasteiger partial charge on any atom is 0.230 e. The van der Waals surface area contributed by atoms with Gasteiger partial charge < -0.3 is 5.32 Å². The molecule has 3 aromatic rings. The summed E-state index contributed by atoms with van der Waals surface area (Å²) in [6, 6.07) is 14.2. The van der Waals surface area contributed by atoms with E-state index in [1.54, 1.807) is 0 Å². The van der Waals surface area contributed by atoms with E-state index < -0.39 is 0 Å². The zero-order valence-corrected chi connectivity index (χ0v) is 19.5. The van der Waals surface area contributed by atoms with Crippen molar-refractivity contribution >= 4 is 29.3 Å². The first kappa shape index (κ1) is 21.9. The van der Waals surface area contributed by atoms with Crippen LogP contribution in [-0.2, 0) is 4.79 Å². The van der Waals surface area contributed by atoms with Gasteiger partial charge in [0.2, 0.25) is 5.91 Å². The highest BCUT2D eigenvalue weighted by Crippen LogP contribution is 2.33. The van der Waals surface area contributed by atoms with Crippen LogP contribution >= 0.6 is 23.4 Å². The van der Waals surface area contributed by atoms with Crippen molar-refractivity contribution in [2.75, 3.05) is 5.75 Å². The summed E-state index contributed by atoms with van der Waals surface area (Å²) >= 11 is 7.89. The SMILES string of the molecule is Cc1ccc(C)c(-n2c(SCC(=O)NC3CCCCC3)nnc2-c2ccccc2Cl)c1. The fraction of sp³-hybridized carbons (Fsp3) is 0.375. The Kier molecular flexibility index (Phi) is 6.98. The molecule has 0 radical (unpaired) electrons. The Bertz CT molecular complexity index is 1080. The van der Waals surface area contributed by atoms with Crippen molar-refractivity contribution in [3.8, 4) is 17.1 Å². The van der Waals surface area contributed by atoms with Gasteiger partial charge in [-0.1, -0.05) is 66.9 Å². The van der Waals surface area contributed by atoms with Crippen LogP contribution in [0.3, 0.4) is 0 Å². The van der Waals surface area contributed by atoms with Gasteiger partial charge in [-0.2, -0.15) is 0 Å². The van der Waals surface area contributed by atoms with E-state index in [-0.39, 0.29) is 5.91 Å². The minimum atomic E-state index is 0.0479. The minimum Gasteiger partial charge on any atom is -0.353 e. The molecule has 0 saturated heterocycles. The van der Waals surface area contributed by atoms with Crippen LogP contribution in [0.1, 0.15) is 43.2 Å². The van der Waals surface area contributed by atoms with Gasteiger partial charge in [-0.05, 0) is 56.0 Å². The van der Waals surface area contributed by atoms with Crippen molar-refractivity contribution < 1.29 is 4.79 Å². The molecule has 1 heterocycles. The van der Waals surface area contributed by atoms with E-state index in [1.165, 1.54) is 31.0 Å². The van der Waals surface area contributed by atoms with E-state index >= 15 is 0 Å². The predicted octanol–water partition coefficient (Wildman–Crippen LogP) is 5.75. The van der Waals surface area contributed by atoms with E-state index in [9.17, 15) is 4.79 Å². The quantitative estimate of drug-likeness (QED) is 0.482. The second-order valence-corrected chi connectivity index (χ2v) is 9.45.